The molecule has 0 aliphatic rings. The van der Waals surface area contributed by atoms with E-state index in [1.807, 2.05) is 0 Å². The maximum atomic E-state index is 11.3. The Labute approximate surface area is 98.2 Å². The number of hydrogen-bond acceptors (Lipinski definition) is 3. The van der Waals surface area contributed by atoms with Crippen LogP contribution in [0.1, 0.15) is 5.56 Å². The first-order chi connectivity index (χ1) is 7.72. The van der Waals surface area contributed by atoms with E-state index in [-0.39, 0.29) is 24.2 Å². The van der Waals surface area contributed by atoms with Gasteiger partial charge in [0.1, 0.15) is 5.88 Å². The third kappa shape index (κ3) is 4.75. The average Bonchev–Trinajstić information content (AvgIpc) is 2.34. The summed E-state index contributed by atoms with van der Waals surface area (Å²) in [6.07, 6.45) is 3.30. The highest BCUT2D eigenvalue weighted by Gasteiger charge is 2.03. The van der Waals surface area contributed by atoms with Crippen molar-refractivity contribution in [2.24, 2.45) is 0 Å². The van der Waals surface area contributed by atoms with E-state index in [2.05, 4.69) is 15.6 Å². The quantitative estimate of drug-likeness (QED) is 0.716. The molecule has 0 aliphatic heterocycles. The van der Waals surface area contributed by atoms with Crippen molar-refractivity contribution in [1.82, 2.24) is 15.6 Å². The lowest BCUT2D eigenvalue weighted by molar-refractivity contribution is -0.124. The second-order valence-corrected chi connectivity index (χ2v) is 3.31. The molecule has 0 atom stereocenters. The number of carbonyl (C=O) groups excluding carboxylic acids is 2. The lowest BCUT2D eigenvalue weighted by Crippen LogP contribution is -2.37. The standard InChI is InChI=1S/C10H12ClN3O2/c11-5-9(15)14-7-10(16)13-6-8-1-3-12-4-2-8/h1-4H,5-7H2,(H,13,16)(H,14,15). The van der Waals surface area contributed by atoms with Crippen molar-refractivity contribution < 1.29 is 9.59 Å². The summed E-state index contributed by atoms with van der Waals surface area (Å²) >= 11 is 5.26. The van der Waals surface area contributed by atoms with E-state index in [4.69, 9.17) is 11.6 Å². The number of alkyl halides is 1. The molecule has 0 saturated carbocycles. The van der Waals surface area contributed by atoms with Gasteiger partial charge in [-0.15, -0.1) is 11.6 Å². The Hall–Kier alpha value is -1.62. The van der Waals surface area contributed by atoms with Gasteiger partial charge in [0.05, 0.1) is 6.54 Å². The average molecular weight is 242 g/mol. The van der Waals surface area contributed by atoms with E-state index in [9.17, 15) is 9.59 Å². The van der Waals surface area contributed by atoms with E-state index in [0.717, 1.165) is 5.56 Å². The van der Waals surface area contributed by atoms with Crippen LogP contribution in [0, 0.1) is 0 Å². The highest BCUT2D eigenvalue weighted by molar-refractivity contribution is 6.27. The third-order valence-corrected chi connectivity index (χ3v) is 2.05. The smallest absolute Gasteiger partial charge is 0.239 e. The Morgan fingerprint density at radius 2 is 1.88 bits per heavy atom. The van der Waals surface area contributed by atoms with Crippen molar-refractivity contribution in [3.63, 3.8) is 0 Å². The number of carbonyl (C=O) groups is 2. The van der Waals surface area contributed by atoms with Crippen LogP contribution in [0.5, 0.6) is 0 Å². The molecule has 2 amide bonds. The van der Waals surface area contributed by atoms with Crippen LogP contribution in [0.2, 0.25) is 0 Å². The zero-order valence-electron chi connectivity index (χ0n) is 8.57. The van der Waals surface area contributed by atoms with E-state index in [0.29, 0.717) is 6.54 Å². The van der Waals surface area contributed by atoms with Crippen LogP contribution in [0.15, 0.2) is 24.5 Å². The number of halogens is 1. The van der Waals surface area contributed by atoms with Crippen molar-refractivity contribution in [3.8, 4) is 0 Å². The number of nitrogens with one attached hydrogen (secondary N) is 2. The summed E-state index contributed by atoms with van der Waals surface area (Å²) in [4.78, 5) is 25.9. The largest absolute Gasteiger partial charge is 0.350 e. The van der Waals surface area contributed by atoms with Gasteiger partial charge in [0, 0.05) is 18.9 Å². The van der Waals surface area contributed by atoms with Crippen LogP contribution in [-0.4, -0.2) is 29.2 Å². The minimum absolute atomic E-state index is 0.0589. The molecule has 6 heteroatoms. The zero-order chi connectivity index (χ0) is 11.8. The van der Waals surface area contributed by atoms with Crippen molar-refractivity contribution in [2.45, 2.75) is 6.54 Å². The highest BCUT2D eigenvalue weighted by atomic mass is 35.5. The molecule has 1 rings (SSSR count). The normalized spacial score (nSPS) is 9.56. The molecule has 0 saturated heterocycles. The summed E-state index contributed by atoms with van der Waals surface area (Å²) in [5.74, 6) is -0.756. The van der Waals surface area contributed by atoms with E-state index in [1.165, 1.54) is 0 Å². The maximum Gasteiger partial charge on any atom is 0.239 e. The molecule has 0 radical (unpaired) electrons. The molecule has 2 N–H and O–H groups in total. The predicted molar refractivity (Wildman–Crippen MR) is 59.8 cm³/mol. The minimum Gasteiger partial charge on any atom is -0.350 e. The van der Waals surface area contributed by atoms with E-state index >= 15 is 0 Å². The maximum absolute atomic E-state index is 11.3. The van der Waals surface area contributed by atoms with Gasteiger partial charge >= 0.3 is 0 Å². The van der Waals surface area contributed by atoms with Crippen LogP contribution in [0.25, 0.3) is 0 Å². The van der Waals surface area contributed by atoms with Crippen molar-refractivity contribution in [3.05, 3.63) is 30.1 Å². The summed E-state index contributed by atoms with van der Waals surface area (Å²) < 4.78 is 0. The Balaban J connectivity index is 2.23. The van der Waals surface area contributed by atoms with E-state index in [1.54, 1.807) is 24.5 Å². The van der Waals surface area contributed by atoms with Crippen molar-refractivity contribution in [1.29, 1.82) is 0 Å². The summed E-state index contributed by atoms with van der Waals surface area (Å²) in [5.41, 5.74) is 0.951. The third-order valence-electron chi connectivity index (χ3n) is 1.81. The van der Waals surface area contributed by atoms with Gasteiger partial charge in [-0.25, -0.2) is 0 Å². The van der Waals surface area contributed by atoms with Gasteiger partial charge in [-0.05, 0) is 17.7 Å². The summed E-state index contributed by atoms with van der Waals surface area (Å²) in [7, 11) is 0. The predicted octanol–water partition coefficient (Wildman–Crippen LogP) is 0.0528. The fourth-order valence-corrected chi connectivity index (χ4v) is 1.08. The minimum atomic E-state index is -0.360. The van der Waals surface area contributed by atoms with Crippen LogP contribution in [0.3, 0.4) is 0 Å². The Morgan fingerprint density at radius 3 is 2.50 bits per heavy atom. The lowest BCUT2D eigenvalue weighted by atomic mass is 10.3. The molecule has 5 nitrogen and oxygen atoms in total. The first-order valence-corrected chi connectivity index (χ1v) is 5.24. The zero-order valence-corrected chi connectivity index (χ0v) is 9.33. The lowest BCUT2D eigenvalue weighted by Gasteiger charge is -2.05. The van der Waals surface area contributed by atoms with Gasteiger partial charge in [0.25, 0.3) is 0 Å². The number of rotatable bonds is 5. The Morgan fingerprint density at radius 1 is 1.19 bits per heavy atom. The molecule has 0 aliphatic carbocycles. The molecule has 0 spiro atoms. The fraction of sp³-hybridized carbons (Fsp3) is 0.300. The molecule has 86 valence electrons. The van der Waals surface area contributed by atoms with Gasteiger partial charge < -0.3 is 10.6 Å². The second-order valence-electron chi connectivity index (χ2n) is 3.04. The van der Waals surface area contributed by atoms with Crippen LogP contribution in [0.4, 0.5) is 0 Å². The number of pyridine rings is 1. The number of aromatic nitrogens is 1. The van der Waals surface area contributed by atoms with Crippen LogP contribution in [-0.2, 0) is 16.1 Å². The topological polar surface area (TPSA) is 71.1 Å². The molecular formula is C10H12ClN3O2. The van der Waals surface area contributed by atoms with Gasteiger partial charge in [-0.2, -0.15) is 0 Å². The van der Waals surface area contributed by atoms with Crippen LogP contribution >= 0.6 is 11.6 Å². The summed E-state index contributed by atoms with van der Waals surface area (Å²) in [6.45, 7) is 0.356. The van der Waals surface area contributed by atoms with Gasteiger partial charge in [-0.1, -0.05) is 0 Å². The monoisotopic (exact) mass is 241 g/mol. The van der Waals surface area contributed by atoms with Gasteiger partial charge in [-0.3, -0.25) is 14.6 Å². The molecule has 0 unspecified atom stereocenters. The molecule has 0 bridgehead atoms. The molecular weight excluding hydrogens is 230 g/mol. The molecule has 0 aromatic carbocycles. The molecule has 1 aromatic heterocycles. The Bertz CT molecular complexity index is 356. The molecule has 1 heterocycles. The first-order valence-electron chi connectivity index (χ1n) is 4.70. The summed E-state index contributed by atoms with van der Waals surface area (Å²) in [5, 5.41) is 5.03. The van der Waals surface area contributed by atoms with Gasteiger partial charge in [0.15, 0.2) is 0 Å². The number of hydrogen-bond donors (Lipinski definition) is 2. The summed E-state index contributed by atoms with van der Waals surface area (Å²) in [6, 6.07) is 3.61. The number of nitrogens with zero attached hydrogens (tertiary/aromatic N) is 1. The highest BCUT2D eigenvalue weighted by Crippen LogP contribution is 1.94. The molecule has 1 aromatic rings. The first kappa shape index (κ1) is 12.4. The van der Waals surface area contributed by atoms with Crippen molar-refractivity contribution >= 4 is 23.4 Å². The molecule has 16 heavy (non-hydrogen) atoms. The number of amides is 2. The van der Waals surface area contributed by atoms with Crippen LogP contribution < -0.4 is 10.6 Å². The molecule has 0 fully saturated rings. The Kier molecular flexibility index (Phi) is 5.28. The van der Waals surface area contributed by atoms with Crippen molar-refractivity contribution in [2.75, 3.05) is 12.4 Å². The van der Waals surface area contributed by atoms with E-state index < -0.39 is 0 Å². The van der Waals surface area contributed by atoms with Gasteiger partial charge in [0.2, 0.25) is 11.8 Å². The fourth-order valence-electron chi connectivity index (χ4n) is 0.990. The SMILES string of the molecule is O=C(CCl)NCC(=O)NCc1ccncc1. The second kappa shape index (κ2) is 6.79.